The van der Waals surface area contributed by atoms with Crippen molar-refractivity contribution in [3.63, 3.8) is 0 Å². The Morgan fingerprint density at radius 3 is 2.78 bits per heavy atom. The van der Waals surface area contributed by atoms with Crippen molar-refractivity contribution in [3.05, 3.63) is 72.8 Å². The van der Waals surface area contributed by atoms with E-state index in [4.69, 9.17) is 4.74 Å². The summed E-state index contributed by atoms with van der Waals surface area (Å²) in [5, 5.41) is 9.15. The quantitative estimate of drug-likeness (QED) is 0.413. The third kappa shape index (κ3) is 3.86. The van der Waals surface area contributed by atoms with Crippen LogP contribution in [0.4, 0.5) is 4.39 Å². The SMILES string of the molecule is C=CCn1c(COc2ccccc2F)nnc1Sc1nc2ccccc2s1. The van der Waals surface area contributed by atoms with Gasteiger partial charge in [0.2, 0.25) is 0 Å². The highest BCUT2D eigenvalue weighted by Gasteiger charge is 2.16. The first-order chi connectivity index (χ1) is 13.2. The minimum atomic E-state index is -0.406. The fraction of sp³-hybridized carbons (Fsp3) is 0.105. The summed E-state index contributed by atoms with van der Waals surface area (Å²) in [7, 11) is 0. The molecule has 0 saturated heterocycles. The molecule has 2 aromatic carbocycles. The molecule has 0 fully saturated rings. The molecule has 0 amide bonds. The maximum absolute atomic E-state index is 13.7. The van der Waals surface area contributed by atoms with Crippen LogP contribution >= 0.6 is 23.1 Å². The summed E-state index contributed by atoms with van der Waals surface area (Å²) in [4.78, 5) is 4.62. The Morgan fingerprint density at radius 2 is 1.96 bits per heavy atom. The summed E-state index contributed by atoms with van der Waals surface area (Å²) in [6.45, 7) is 4.43. The smallest absolute Gasteiger partial charge is 0.198 e. The van der Waals surface area contributed by atoms with Crippen LogP contribution in [0.1, 0.15) is 5.82 Å². The van der Waals surface area contributed by atoms with Gasteiger partial charge in [-0.05, 0) is 36.0 Å². The number of benzene rings is 2. The van der Waals surface area contributed by atoms with E-state index in [1.807, 2.05) is 28.8 Å². The molecule has 4 rings (SSSR count). The molecule has 4 aromatic rings. The van der Waals surface area contributed by atoms with Crippen molar-refractivity contribution in [3.8, 4) is 5.75 Å². The number of thiazole rings is 1. The Kier molecular flexibility index (Phi) is 5.17. The maximum atomic E-state index is 13.7. The van der Waals surface area contributed by atoms with Crippen molar-refractivity contribution in [2.45, 2.75) is 22.6 Å². The minimum Gasteiger partial charge on any atom is -0.483 e. The van der Waals surface area contributed by atoms with Crippen LogP contribution in [0.3, 0.4) is 0 Å². The van der Waals surface area contributed by atoms with E-state index in [1.54, 1.807) is 35.6 Å². The van der Waals surface area contributed by atoms with Gasteiger partial charge < -0.3 is 4.74 Å². The molecule has 0 aliphatic heterocycles. The van der Waals surface area contributed by atoms with Crippen LogP contribution in [0.25, 0.3) is 10.2 Å². The second-order valence-corrected chi connectivity index (χ2v) is 7.81. The Hall–Kier alpha value is -2.71. The van der Waals surface area contributed by atoms with Crippen molar-refractivity contribution in [2.24, 2.45) is 0 Å². The largest absolute Gasteiger partial charge is 0.483 e. The van der Waals surface area contributed by atoms with Gasteiger partial charge in [0.05, 0.1) is 10.2 Å². The van der Waals surface area contributed by atoms with E-state index < -0.39 is 5.82 Å². The normalized spacial score (nSPS) is 11.0. The molecule has 5 nitrogen and oxygen atoms in total. The van der Waals surface area contributed by atoms with E-state index in [-0.39, 0.29) is 12.4 Å². The summed E-state index contributed by atoms with van der Waals surface area (Å²) < 4.78 is 23.2. The topological polar surface area (TPSA) is 52.8 Å². The summed E-state index contributed by atoms with van der Waals surface area (Å²) in [5.41, 5.74) is 0.961. The van der Waals surface area contributed by atoms with E-state index >= 15 is 0 Å². The van der Waals surface area contributed by atoms with Gasteiger partial charge in [0.25, 0.3) is 0 Å². The second-order valence-electron chi connectivity index (χ2n) is 5.57. The van der Waals surface area contributed by atoms with Crippen LogP contribution < -0.4 is 4.74 Å². The number of nitrogens with zero attached hydrogens (tertiary/aromatic N) is 4. The van der Waals surface area contributed by atoms with Crippen LogP contribution in [0, 0.1) is 5.82 Å². The zero-order valence-electron chi connectivity index (χ0n) is 14.2. The van der Waals surface area contributed by atoms with Crippen molar-refractivity contribution >= 4 is 33.3 Å². The van der Waals surface area contributed by atoms with Crippen LogP contribution in [0.2, 0.25) is 0 Å². The second kappa shape index (κ2) is 7.89. The van der Waals surface area contributed by atoms with Gasteiger partial charge in [-0.15, -0.1) is 28.1 Å². The third-order valence-electron chi connectivity index (χ3n) is 3.75. The first-order valence-electron chi connectivity index (χ1n) is 8.18. The van der Waals surface area contributed by atoms with Gasteiger partial charge in [-0.1, -0.05) is 30.3 Å². The number of ether oxygens (including phenoxy) is 1. The van der Waals surface area contributed by atoms with Gasteiger partial charge in [-0.3, -0.25) is 4.57 Å². The van der Waals surface area contributed by atoms with Crippen molar-refractivity contribution in [2.75, 3.05) is 0 Å². The maximum Gasteiger partial charge on any atom is 0.198 e. The lowest BCUT2D eigenvalue weighted by Gasteiger charge is -2.09. The number of rotatable bonds is 7. The molecule has 0 aliphatic rings. The molecule has 0 saturated carbocycles. The summed E-state index contributed by atoms with van der Waals surface area (Å²) in [5.74, 6) is 0.379. The number of para-hydroxylation sites is 2. The van der Waals surface area contributed by atoms with Crippen LogP contribution in [0.5, 0.6) is 5.75 Å². The van der Waals surface area contributed by atoms with Crippen LogP contribution in [0.15, 0.2) is 70.7 Å². The number of allylic oxidation sites excluding steroid dienone is 1. The van der Waals surface area contributed by atoms with Crippen molar-refractivity contribution in [1.29, 1.82) is 0 Å². The molecule has 0 N–H and O–H groups in total. The number of hydrogen-bond donors (Lipinski definition) is 0. The van der Waals surface area contributed by atoms with Gasteiger partial charge in [-0.2, -0.15) is 0 Å². The molecule has 8 heteroatoms. The lowest BCUT2D eigenvalue weighted by Crippen LogP contribution is -2.08. The summed E-state index contributed by atoms with van der Waals surface area (Å²) >= 11 is 3.05. The summed E-state index contributed by atoms with van der Waals surface area (Å²) in [6.07, 6.45) is 1.76. The molecular formula is C19H15FN4OS2. The van der Waals surface area contributed by atoms with Crippen LogP contribution in [-0.2, 0) is 13.2 Å². The Balaban J connectivity index is 1.56. The van der Waals surface area contributed by atoms with E-state index in [9.17, 15) is 4.39 Å². The van der Waals surface area contributed by atoms with E-state index in [0.29, 0.717) is 17.5 Å². The predicted octanol–water partition coefficient (Wildman–Crippen LogP) is 4.94. The van der Waals surface area contributed by atoms with Gasteiger partial charge in [0.1, 0.15) is 6.61 Å². The van der Waals surface area contributed by atoms with E-state index in [1.165, 1.54) is 17.8 Å². The molecule has 0 bridgehead atoms. The standard InChI is InChI=1S/C19H15FN4OS2/c1-2-11-24-17(12-25-15-9-5-3-7-13(15)20)22-23-18(24)27-19-21-14-8-4-6-10-16(14)26-19/h2-10H,1,11-12H2. The Morgan fingerprint density at radius 1 is 1.15 bits per heavy atom. The zero-order chi connectivity index (χ0) is 18.6. The first kappa shape index (κ1) is 17.7. The number of hydrogen-bond acceptors (Lipinski definition) is 6. The average Bonchev–Trinajstić information content (AvgIpc) is 3.25. The number of aromatic nitrogens is 4. The molecule has 0 unspecified atom stereocenters. The average molecular weight is 398 g/mol. The third-order valence-corrected chi connectivity index (χ3v) is 5.83. The molecule has 27 heavy (non-hydrogen) atoms. The molecule has 136 valence electrons. The number of halogens is 1. The number of fused-ring (bicyclic) bond motifs is 1. The molecule has 0 spiro atoms. The lowest BCUT2D eigenvalue weighted by molar-refractivity contribution is 0.275. The molecule has 0 radical (unpaired) electrons. The first-order valence-corrected chi connectivity index (χ1v) is 9.81. The zero-order valence-corrected chi connectivity index (χ0v) is 15.8. The highest BCUT2D eigenvalue weighted by Crippen LogP contribution is 2.33. The molecular weight excluding hydrogens is 383 g/mol. The fourth-order valence-corrected chi connectivity index (χ4v) is 4.52. The van der Waals surface area contributed by atoms with Gasteiger partial charge in [-0.25, -0.2) is 9.37 Å². The van der Waals surface area contributed by atoms with Crippen molar-refractivity contribution < 1.29 is 9.13 Å². The van der Waals surface area contributed by atoms with Crippen LogP contribution in [-0.4, -0.2) is 19.7 Å². The minimum absolute atomic E-state index is 0.113. The van der Waals surface area contributed by atoms with Gasteiger partial charge in [0, 0.05) is 6.54 Å². The Bertz CT molecular complexity index is 1060. The molecule has 0 atom stereocenters. The fourth-order valence-electron chi connectivity index (χ4n) is 2.49. The van der Waals surface area contributed by atoms with Gasteiger partial charge >= 0.3 is 0 Å². The predicted molar refractivity (Wildman–Crippen MR) is 105 cm³/mol. The van der Waals surface area contributed by atoms with E-state index in [2.05, 4.69) is 21.8 Å². The van der Waals surface area contributed by atoms with E-state index in [0.717, 1.165) is 14.6 Å². The molecule has 0 aliphatic carbocycles. The van der Waals surface area contributed by atoms with Crippen molar-refractivity contribution in [1.82, 2.24) is 19.7 Å². The highest BCUT2D eigenvalue weighted by molar-refractivity contribution is 8.01. The lowest BCUT2D eigenvalue weighted by atomic mass is 10.3. The van der Waals surface area contributed by atoms with Gasteiger partial charge in [0.15, 0.2) is 26.9 Å². The highest BCUT2D eigenvalue weighted by atomic mass is 32.2. The summed E-state index contributed by atoms with van der Waals surface area (Å²) in [6, 6.07) is 14.3. The Labute approximate surface area is 163 Å². The molecule has 2 aromatic heterocycles. The monoisotopic (exact) mass is 398 g/mol. The molecule has 2 heterocycles.